The predicted octanol–water partition coefficient (Wildman–Crippen LogP) is 0.727. The van der Waals surface area contributed by atoms with Crippen LogP contribution in [0.25, 0.3) is 0 Å². The SMILES string of the molecule is [CH2-]c1cc(Cl)c(C(F)(F)F)cc1[CH2-].[Li+]. The summed E-state index contributed by atoms with van der Waals surface area (Å²) < 4.78 is 36.7. The van der Waals surface area contributed by atoms with Crippen LogP contribution in [0.3, 0.4) is 0 Å². The Morgan fingerprint density at radius 3 is 1.93 bits per heavy atom. The van der Waals surface area contributed by atoms with Gasteiger partial charge in [0.2, 0.25) is 0 Å². The summed E-state index contributed by atoms with van der Waals surface area (Å²) >= 11 is 5.40. The van der Waals surface area contributed by atoms with Crippen molar-refractivity contribution < 1.29 is 32.0 Å². The predicted molar refractivity (Wildman–Crippen MR) is 45.4 cm³/mol. The molecule has 0 saturated carbocycles. The third-order valence-corrected chi connectivity index (χ3v) is 1.91. The number of rotatable bonds is 0. The van der Waals surface area contributed by atoms with Crippen molar-refractivity contribution in [2.24, 2.45) is 0 Å². The Hall–Kier alpha value is -0.363. The molecule has 0 spiro atoms. The summed E-state index contributed by atoms with van der Waals surface area (Å²) in [5, 5.41) is -0.343. The first-order valence-corrected chi connectivity index (χ1v) is 3.75. The second-order valence-electron chi connectivity index (χ2n) is 2.60. The second-order valence-corrected chi connectivity index (χ2v) is 3.01. The molecule has 0 atom stereocenters. The van der Waals surface area contributed by atoms with Gasteiger partial charge in [0.25, 0.3) is 0 Å². The van der Waals surface area contributed by atoms with Gasteiger partial charge in [0.15, 0.2) is 0 Å². The van der Waals surface area contributed by atoms with Gasteiger partial charge in [-0.2, -0.15) is 13.2 Å². The van der Waals surface area contributed by atoms with Gasteiger partial charge in [-0.3, -0.25) is 25.0 Å². The van der Waals surface area contributed by atoms with Crippen LogP contribution >= 0.6 is 11.6 Å². The minimum absolute atomic E-state index is 0. The van der Waals surface area contributed by atoms with Gasteiger partial charge in [-0.25, -0.2) is 12.1 Å². The van der Waals surface area contributed by atoms with Crippen molar-refractivity contribution in [2.75, 3.05) is 0 Å². The molecule has 1 rings (SSSR count). The molecule has 5 heteroatoms. The molecular formula is C9H6ClF3Li-. The molecule has 0 radical (unpaired) electrons. The van der Waals surface area contributed by atoms with Gasteiger partial charge >= 0.3 is 25.0 Å². The minimum atomic E-state index is -4.43. The van der Waals surface area contributed by atoms with E-state index in [4.69, 9.17) is 11.6 Å². The van der Waals surface area contributed by atoms with Crippen molar-refractivity contribution in [3.8, 4) is 0 Å². The van der Waals surface area contributed by atoms with E-state index in [9.17, 15) is 13.2 Å². The van der Waals surface area contributed by atoms with Crippen LogP contribution in [0.15, 0.2) is 12.1 Å². The van der Waals surface area contributed by atoms with Gasteiger partial charge in [0.1, 0.15) is 0 Å². The fourth-order valence-corrected chi connectivity index (χ4v) is 1.17. The number of hydrogen-bond acceptors (Lipinski definition) is 0. The van der Waals surface area contributed by atoms with Crippen molar-refractivity contribution in [3.63, 3.8) is 0 Å². The van der Waals surface area contributed by atoms with Crippen LogP contribution < -0.4 is 18.9 Å². The quantitative estimate of drug-likeness (QED) is 0.440. The summed E-state index contributed by atoms with van der Waals surface area (Å²) in [5.41, 5.74) is -0.235. The average Bonchev–Trinajstić information content (AvgIpc) is 1.94. The van der Waals surface area contributed by atoms with E-state index in [-0.39, 0.29) is 29.4 Å². The second kappa shape index (κ2) is 4.44. The van der Waals surface area contributed by atoms with E-state index >= 15 is 0 Å². The van der Waals surface area contributed by atoms with Gasteiger partial charge in [0.05, 0.1) is 0 Å². The van der Waals surface area contributed by atoms with Crippen LogP contribution in [0.1, 0.15) is 16.7 Å². The molecule has 0 aliphatic rings. The molecule has 0 unspecified atom stereocenters. The van der Waals surface area contributed by atoms with E-state index < -0.39 is 11.7 Å². The fraction of sp³-hybridized carbons (Fsp3) is 0.111. The van der Waals surface area contributed by atoms with Crippen molar-refractivity contribution in [3.05, 3.63) is 47.7 Å². The topological polar surface area (TPSA) is 0 Å². The first-order valence-electron chi connectivity index (χ1n) is 3.37. The van der Waals surface area contributed by atoms with Crippen LogP contribution in [-0.2, 0) is 6.18 Å². The van der Waals surface area contributed by atoms with Crippen LogP contribution in [0, 0.1) is 13.8 Å². The summed E-state index contributed by atoms with van der Waals surface area (Å²) in [7, 11) is 0. The molecule has 0 aliphatic heterocycles. The smallest absolute Gasteiger partial charge is 0.299 e. The first-order chi connectivity index (χ1) is 5.82. The molecule has 0 bridgehead atoms. The normalized spacial score (nSPS) is 10.9. The standard InChI is InChI=1S/C9H6ClF3.Li/c1-5-3-7(9(11,12)13)8(10)4-6(5)2;/h3-4H,1-2H2;/q-2;+1. The number of alkyl halides is 3. The molecule has 0 amide bonds. The molecule has 72 valence electrons. The minimum Gasteiger partial charge on any atom is -0.299 e. The Morgan fingerprint density at radius 2 is 1.50 bits per heavy atom. The zero-order chi connectivity index (χ0) is 10.2. The van der Waals surface area contributed by atoms with Gasteiger partial charge in [-0.05, 0) is 10.6 Å². The maximum Gasteiger partial charge on any atom is 1.00 e. The van der Waals surface area contributed by atoms with E-state index in [1.165, 1.54) is 0 Å². The third kappa shape index (κ3) is 2.81. The number of hydrogen-bond donors (Lipinski definition) is 0. The molecule has 0 saturated heterocycles. The number of benzene rings is 1. The summed E-state index contributed by atoms with van der Waals surface area (Å²) in [5.74, 6) is 0. The molecule has 0 fully saturated rings. The summed E-state index contributed by atoms with van der Waals surface area (Å²) in [4.78, 5) is 0. The molecule has 14 heavy (non-hydrogen) atoms. The van der Waals surface area contributed by atoms with E-state index in [1.807, 2.05) is 0 Å². The molecule has 0 aromatic heterocycles. The van der Waals surface area contributed by atoms with Gasteiger partial charge < -0.3 is 0 Å². The van der Waals surface area contributed by atoms with E-state index in [0.29, 0.717) is 5.56 Å². The molecule has 1 aromatic rings. The molecule has 0 N–H and O–H groups in total. The van der Waals surface area contributed by atoms with Gasteiger partial charge in [0, 0.05) is 0 Å². The Kier molecular flexibility index (Phi) is 4.32. The van der Waals surface area contributed by atoms with E-state index in [2.05, 4.69) is 13.8 Å². The number of halogens is 4. The zero-order valence-corrected chi connectivity index (χ0v) is 8.34. The van der Waals surface area contributed by atoms with Gasteiger partial charge in [-0.15, -0.1) is 11.6 Å². The molecule has 0 aliphatic carbocycles. The molecule has 1 aromatic carbocycles. The molecular weight excluding hydrogens is 207 g/mol. The Morgan fingerprint density at radius 1 is 1.07 bits per heavy atom. The van der Waals surface area contributed by atoms with Crippen LogP contribution in [0.2, 0.25) is 5.02 Å². The monoisotopic (exact) mass is 213 g/mol. The largest absolute Gasteiger partial charge is 1.00 e. The average molecular weight is 214 g/mol. The summed E-state index contributed by atoms with van der Waals surface area (Å²) in [6, 6.07) is 2.05. The molecule has 0 nitrogen and oxygen atoms in total. The Balaban J connectivity index is 0.00000169. The Bertz CT molecular complexity index is 334. The summed E-state index contributed by atoms with van der Waals surface area (Å²) in [6.07, 6.45) is -4.43. The van der Waals surface area contributed by atoms with Crippen LogP contribution in [-0.4, -0.2) is 0 Å². The van der Waals surface area contributed by atoms with E-state index in [0.717, 1.165) is 12.1 Å². The third-order valence-electron chi connectivity index (χ3n) is 1.59. The van der Waals surface area contributed by atoms with Crippen molar-refractivity contribution in [1.82, 2.24) is 0 Å². The Labute approximate surface area is 97.6 Å². The maximum absolute atomic E-state index is 12.2. The maximum atomic E-state index is 12.2. The van der Waals surface area contributed by atoms with Crippen molar-refractivity contribution in [1.29, 1.82) is 0 Å². The molecule has 0 heterocycles. The van der Waals surface area contributed by atoms with Crippen LogP contribution in [0.4, 0.5) is 13.2 Å². The summed E-state index contributed by atoms with van der Waals surface area (Å²) in [6.45, 7) is 6.90. The fourth-order valence-electron chi connectivity index (χ4n) is 0.877. The zero-order valence-electron chi connectivity index (χ0n) is 7.58. The van der Waals surface area contributed by atoms with E-state index in [1.54, 1.807) is 0 Å². The first kappa shape index (κ1) is 13.6. The van der Waals surface area contributed by atoms with Crippen LogP contribution in [0.5, 0.6) is 0 Å². The van der Waals surface area contributed by atoms with Crippen molar-refractivity contribution in [2.45, 2.75) is 6.18 Å². The van der Waals surface area contributed by atoms with Crippen molar-refractivity contribution >= 4 is 11.6 Å². The van der Waals surface area contributed by atoms with Gasteiger partial charge in [-0.1, -0.05) is 0 Å².